The van der Waals surface area contributed by atoms with E-state index in [4.69, 9.17) is 14.2 Å². The third kappa shape index (κ3) is 2.45. The topological polar surface area (TPSA) is 61.8 Å². The SMILES string of the molecule is CCOc1cccc(C=O)c1OC1CCOC1=O. The van der Waals surface area contributed by atoms with Gasteiger partial charge in [0.05, 0.1) is 18.8 Å². The molecule has 1 heterocycles. The summed E-state index contributed by atoms with van der Waals surface area (Å²) in [5.74, 6) is 0.359. The first-order chi connectivity index (χ1) is 8.76. The highest BCUT2D eigenvalue weighted by molar-refractivity contribution is 5.82. The Morgan fingerprint density at radius 1 is 1.50 bits per heavy atom. The standard InChI is InChI=1S/C13H14O5/c1-2-16-10-5-3-4-9(8-14)12(10)18-11-6-7-17-13(11)15/h3-5,8,11H,2,6-7H2,1H3. The second kappa shape index (κ2) is 5.53. The highest BCUT2D eigenvalue weighted by Gasteiger charge is 2.30. The van der Waals surface area contributed by atoms with Gasteiger partial charge in [0.1, 0.15) is 0 Å². The molecule has 96 valence electrons. The second-order valence-electron chi connectivity index (χ2n) is 3.79. The molecule has 0 spiro atoms. The van der Waals surface area contributed by atoms with Crippen molar-refractivity contribution in [1.29, 1.82) is 0 Å². The molecule has 0 amide bonds. The molecule has 1 unspecified atom stereocenters. The summed E-state index contributed by atoms with van der Waals surface area (Å²) in [6.45, 7) is 2.63. The summed E-state index contributed by atoms with van der Waals surface area (Å²) in [6.07, 6.45) is 0.501. The van der Waals surface area contributed by atoms with Crippen LogP contribution in [0.3, 0.4) is 0 Å². The number of aldehydes is 1. The molecule has 0 aliphatic carbocycles. The van der Waals surface area contributed by atoms with Crippen LogP contribution < -0.4 is 9.47 Å². The van der Waals surface area contributed by atoms with E-state index in [1.165, 1.54) is 0 Å². The summed E-state index contributed by atoms with van der Waals surface area (Å²) in [7, 11) is 0. The number of esters is 1. The zero-order valence-corrected chi connectivity index (χ0v) is 10.0. The molecule has 5 heteroatoms. The van der Waals surface area contributed by atoms with Gasteiger partial charge in [-0.25, -0.2) is 4.79 Å². The number of hydrogen-bond donors (Lipinski definition) is 0. The highest BCUT2D eigenvalue weighted by atomic mass is 16.6. The molecule has 0 bridgehead atoms. The van der Waals surface area contributed by atoms with Crippen LogP contribution in [0.15, 0.2) is 18.2 Å². The van der Waals surface area contributed by atoms with Crippen molar-refractivity contribution in [3.05, 3.63) is 23.8 Å². The van der Waals surface area contributed by atoms with E-state index in [9.17, 15) is 9.59 Å². The normalized spacial score (nSPS) is 18.3. The average molecular weight is 250 g/mol. The number of ether oxygens (including phenoxy) is 3. The Morgan fingerprint density at radius 2 is 2.33 bits per heavy atom. The second-order valence-corrected chi connectivity index (χ2v) is 3.79. The van der Waals surface area contributed by atoms with Gasteiger partial charge < -0.3 is 14.2 Å². The lowest BCUT2D eigenvalue weighted by molar-refractivity contribution is -0.143. The lowest BCUT2D eigenvalue weighted by Crippen LogP contribution is -2.22. The van der Waals surface area contributed by atoms with Crippen molar-refractivity contribution in [3.8, 4) is 11.5 Å². The highest BCUT2D eigenvalue weighted by Crippen LogP contribution is 2.32. The number of para-hydroxylation sites is 1. The lowest BCUT2D eigenvalue weighted by Gasteiger charge is -2.15. The Labute approximate surface area is 105 Å². The maximum absolute atomic E-state index is 11.4. The van der Waals surface area contributed by atoms with Gasteiger partial charge in [0.25, 0.3) is 0 Å². The van der Waals surface area contributed by atoms with Crippen LogP contribution in [0.1, 0.15) is 23.7 Å². The van der Waals surface area contributed by atoms with Gasteiger partial charge in [-0.1, -0.05) is 6.07 Å². The van der Waals surface area contributed by atoms with Gasteiger partial charge in [0.2, 0.25) is 0 Å². The Kier molecular flexibility index (Phi) is 3.82. The van der Waals surface area contributed by atoms with Crippen LogP contribution in [0.5, 0.6) is 11.5 Å². The molecule has 0 saturated carbocycles. The first kappa shape index (κ1) is 12.4. The first-order valence-corrected chi connectivity index (χ1v) is 5.80. The maximum atomic E-state index is 11.4. The Morgan fingerprint density at radius 3 is 2.94 bits per heavy atom. The summed E-state index contributed by atoms with van der Waals surface area (Å²) in [6, 6.07) is 5.02. The fourth-order valence-electron chi connectivity index (χ4n) is 1.75. The Bertz CT molecular complexity index is 455. The van der Waals surface area contributed by atoms with Gasteiger partial charge >= 0.3 is 5.97 Å². The zero-order chi connectivity index (χ0) is 13.0. The van der Waals surface area contributed by atoms with E-state index in [1.54, 1.807) is 18.2 Å². The minimum Gasteiger partial charge on any atom is -0.490 e. The summed E-state index contributed by atoms with van der Waals surface area (Å²) < 4.78 is 15.8. The number of carbonyl (C=O) groups excluding carboxylic acids is 2. The number of rotatable bonds is 5. The molecular formula is C13H14O5. The molecule has 1 atom stereocenters. The molecular weight excluding hydrogens is 236 g/mol. The van der Waals surface area contributed by atoms with Gasteiger partial charge in [0.15, 0.2) is 23.9 Å². The van der Waals surface area contributed by atoms with Crippen molar-refractivity contribution < 1.29 is 23.8 Å². The molecule has 1 aliphatic rings. The molecule has 0 aromatic heterocycles. The molecule has 18 heavy (non-hydrogen) atoms. The van der Waals surface area contributed by atoms with Crippen molar-refractivity contribution in [2.24, 2.45) is 0 Å². The Balaban J connectivity index is 2.28. The van der Waals surface area contributed by atoms with E-state index in [0.29, 0.717) is 43.0 Å². The van der Waals surface area contributed by atoms with Crippen molar-refractivity contribution in [1.82, 2.24) is 0 Å². The smallest absolute Gasteiger partial charge is 0.347 e. The first-order valence-electron chi connectivity index (χ1n) is 5.80. The van der Waals surface area contributed by atoms with Crippen LogP contribution in [-0.2, 0) is 9.53 Å². The van der Waals surface area contributed by atoms with E-state index >= 15 is 0 Å². The maximum Gasteiger partial charge on any atom is 0.347 e. The Hall–Kier alpha value is -2.04. The molecule has 0 N–H and O–H groups in total. The predicted octanol–water partition coefficient (Wildman–Crippen LogP) is 1.59. The fraction of sp³-hybridized carbons (Fsp3) is 0.385. The van der Waals surface area contributed by atoms with Gasteiger partial charge in [0, 0.05) is 6.42 Å². The van der Waals surface area contributed by atoms with Gasteiger partial charge in [-0.05, 0) is 19.1 Å². The third-order valence-electron chi connectivity index (χ3n) is 2.58. The van der Waals surface area contributed by atoms with Crippen LogP contribution >= 0.6 is 0 Å². The van der Waals surface area contributed by atoms with Gasteiger partial charge in [-0.15, -0.1) is 0 Å². The third-order valence-corrected chi connectivity index (χ3v) is 2.58. The molecule has 2 rings (SSSR count). The van der Waals surface area contributed by atoms with Crippen molar-refractivity contribution in [2.45, 2.75) is 19.4 Å². The summed E-state index contributed by atoms with van der Waals surface area (Å²) >= 11 is 0. The predicted molar refractivity (Wildman–Crippen MR) is 63.0 cm³/mol. The van der Waals surface area contributed by atoms with Gasteiger partial charge in [-0.3, -0.25) is 4.79 Å². The van der Waals surface area contributed by atoms with Crippen LogP contribution in [0.2, 0.25) is 0 Å². The van der Waals surface area contributed by atoms with Gasteiger partial charge in [-0.2, -0.15) is 0 Å². The molecule has 1 aromatic rings. The number of carbonyl (C=O) groups is 2. The minimum atomic E-state index is -0.662. The van der Waals surface area contributed by atoms with Crippen molar-refractivity contribution in [3.63, 3.8) is 0 Å². The molecule has 1 saturated heterocycles. The molecule has 5 nitrogen and oxygen atoms in total. The minimum absolute atomic E-state index is 0.304. The van der Waals surface area contributed by atoms with Crippen LogP contribution in [-0.4, -0.2) is 31.6 Å². The average Bonchev–Trinajstić information content (AvgIpc) is 2.77. The summed E-state index contributed by atoms with van der Waals surface area (Å²) in [5, 5.41) is 0. The molecule has 1 aliphatic heterocycles. The largest absolute Gasteiger partial charge is 0.490 e. The summed E-state index contributed by atoms with van der Waals surface area (Å²) in [4.78, 5) is 22.4. The fourth-order valence-corrected chi connectivity index (χ4v) is 1.75. The van der Waals surface area contributed by atoms with Crippen LogP contribution in [0.4, 0.5) is 0 Å². The van der Waals surface area contributed by atoms with Crippen molar-refractivity contribution in [2.75, 3.05) is 13.2 Å². The monoisotopic (exact) mass is 250 g/mol. The molecule has 1 fully saturated rings. The number of benzene rings is 1. The quantitative estimate of drug-likeness (QED) is 0.586. The van der Waals surface area contributed by atoms with Crippen molar-refractivity contribution >= 4 is 12.3 Å². The number of hydrogen-bond acceptors (Lipinski definition) is 5. The molecule has 0 radical (unpaired) electrons. The zero-order valence-electron chi connectivity index (χ0n) is 10.0. The van der Waals surface area contributed by atoms with E-state index in [2.05, 4.69) is 0 Å². The van der Waals surface area contributed by atoms with E-state index in [0.717, 1.165) is 0 Å². The van der Waals surface area contributed by atoms with Crippen LogP contribution in [0.25, 0.3) is 0 Å². The lowest BCUT2D eigenvalue weighted by atomic mass is 10.2. The van der Waals surface area contributed by atoms with E-state index in [1.807, 2.05) is 6.92 Å². The summed E-state index contributed by atoms with van der Waals surface area (Å²) in [5.41, 5.74) is 0.362. The van der Waals surface area contributed by atoms with E-state index < -0.39 is 12.1 Å². The van der Waals surface area contributed by atoms with E-state index in [-0.39, 0.29) is 0 Å². The number of cyclic esters (lactones) is 1. The molecule has 1 aromatic carbocycles. The van der Waals surface area contributed by atoms with Crippen LogP contribution in [0, 0.1) is 0 Å².